The molecule has 1 unspecified atom stereocenters. The minimum atomic E-state index is -0.940. The van der Waals surface area contributed by atoms with Crippen molar-refractivity contribution < 1.29 is 8.78 Å². The summed E-state index contributed by atoms with van der Waals surface area (Å²) < 4.78 is 29.8. The summed E-state index contributed by atoms with van der Waals surface area (Å²) >= 11 is 0. The van der Waals surface area contributed by atoms with E-state index in [1.54, 1.807) is 6.33 Å². The van der Waals surface area contributed by atoms with Gasteiger partial charge in [0, 0.05) is 48.5 Å². The van der Waals surface area contributed by atoms with E-state index in [2.05, 4.69) is 40.2 Å². The molecule has 10 nitrogen and oxygen atoms in total. The predicted molar refractivity (Wildman–Crippen MR) is 145 cm³/mol. The first-order chi connectivity index (χ1) is 19.0. The summed E-state index contributed by atoms with van der Waals surface area (Å²) in [6.45, 7) is 3.89. The number of rotatable bonds is 7. The van der Waals surface area contributed by atoms with Gasteiger partial charge in [-0.3, -0.25) is 4.68 Å². The van der Waals surface area contributed by atoms with E-state index >= 15 is 0 Å². The van der Waals surface area contributed by atoms with Gasteiger partial charge in [0.05, 0.1) is 23.6 Å². The van der Waals surface area contributed by atoms with E-state index in [1.165, 1.54) is 18.5 Å². The lowest BCUT2D eigenvalue weighted by Crippen LogP contribution is -2.39. The van der Waals surface area contributed by atoms with Gasteiger partial charge in [-0.25, -0.2) is 28.7 Å². The number of hydrogen-bond donors (Lipinski definition) is 3. The van der Waals surface area contributed by atoms with E-state index in [0.717, 1.165) is 65.7 Å². The molecule has 39 heavy (non-hydrogen) atoms. The smallest absolute Gasteiger partial charge is 0.182 e. The number of nitrogens with zero attached hydrogens (tertiary/aromatic N) is 7. The average Bonchev–Trinajstić information content (AvgIpc) is 3.64. The first-order valence-corrected chi connectivity index (χ1v) is 12.8. The number of fused-ring (bicyclic) bond motifs is 1. The van der Waals surface area contributed by atoms with Crippen LogP contribution in [0.4, 0.5) is 26.1 Å². The molecule has 5 aromatic rings. The SMILES string of the molecule is Cc1c(Nc2cccc(F)c2F)ncnc1N1CCC(C(CN)n2cc(-c3ncnc4[nH]ccc34)cn2)CC1. The summed E-state index contributed by atoms with van der Waals surface area (Å²) in [4.78, 5) is 22.8. The summed E-state index contributed by atoms with van der Waals surface area (Å²) in [6, 6.07) is 6.02. The minimum absolute atomic E-state index is 0.0324. The van der Waals surface area contributed by atoms with Gasteiger partial charge < -0.3 is 20.9 Å². The second-order valence-corrected chi connectivity index (χ2v) is 9.70. The number of aromatic amines is 1. The van der Waals surface area contributed by atoms with E-state index in [0.29, 0.717) is 18.3 Å². The van der Waals surface area contributed by atoms with E-state index in [1.807, 2.05) is 36.3 Å². The third-order valence-corrected chi connectivity index (χ3v) is 7.46. The fourth-order valence-electron chi connectivity index (χ4n) is 5.37. The molecular weight excluding hydrogens is 502 g/mol. The average molecular weight is 531 g/mol. The highest BCUT2D eigenvalue weighted by atomic mass is 19.2. The molecule has 1 aliphatic rings. The maximum absolute atomic E-state index is 14.2. The van der Waals surface area contributed by atoms with Crippen molar-refractivity contribution in [2.45, 2.75) is 25.8 Å². The number of H-pyrrole nitrogens is 1. The Labute approximate surface area is 223 Å². The van der Waals surface area contributed by atoms with E-state index in [-0.39, 0.29) is 11.7 Å². The molecule has 0 bridgehead atoms. The third kappa shape index (κ3) is 4.67. The molecule has 0 saturated carbocycles. The predicted octanol–water partition coefficient (Wildman–Crippen LogP) is 4.36. The molecule has 1 atom stereocenters. The monoisotopic (exact) mass is 530 g/mol. The molecule has 1 fully saturated rings. The number of anilines is 3. The van der Waals surface area contributed by atoms with Gasteiger partial charge in [-0.2, -0.15) is 5.10 Å². The van der Waals surface area contributed by atoms with Crippen LogP contribution in [0, 0.1) is 24.5 Å². The van der Waals surface area contributed by atoms with Gasteiger partial charge in [-0.1, -0.05) is 6.07 Å². The number of benzene rings is 1. The highest BCUT2D eigenvalue weighted by Gasteiger charge is 2.29. The van der Waals surface area contributed by atoms with Crippen molar-refractivity contribution in [1.82, 2.24) is 34.7 Å². The van der Waals surface area contributed by atoms with Crippen LogP contribution in [-0.2, 0) is 0 Å². The second kappa shape index (κ2) is 10.4. The fourth-order valence-corrected chi connectivity index (χ4v) is 5.37. The summed E-state index contributed by atoms with van der Waals surface area (Å²) in [5.74, 6) is -0.311. The van der Waals surface area contributed by atoms with Crippen molar-refractivity contribution in [2.75, 3.05) is 29.9 Å². The van der Waals surface area contributed by atoms with Crippen LogP contribution in [-0.4, -0.2) is 54.3 Å². The van der Waals surface area contributed by atoms with E-state index < -0.39 is 11.6 Å². The number of nitrogens with one attached hydrogen (secondary N) is 2. The van der Waals surface area contributed by atoms with Crippen LogP contribution < -0.4 is 16.0 Å². The Hall–Kier alpha value is -4.45. The number of hydrogen-bond acceptors (Lipinski definition) is 8. The molecule has 0 amide bonds. The normalized spacial score (nSPS) is 15.1. The van der Waals surface area contributed by atoms with Crippen LogP contribution in [0.15, 0.2) is 55.5 Å². The van der Waals surface area contributed by atoms with Crippen LogP contribution >= 0.6 is 0 Å². The Bertz CT molecular complexity index is 1610. The van der Waals surface area contributed by atoms with E-state index in [4.69, 9.17) is 5.73 Å². The van der Waals surface area contributed by atoms with Gasteiger partial charge in [0.1, 0.15) is 29.9 Å². The molecule has 4 aromatic heterocycles. The van der Waals surface area contributed by atoms with Crippen molar-refractivity contribution in [3.63, 3.8) is 0 Å². The van der Waals surface area contributed by atoms with Crippen LogP contribution in [0.2, 0.25) is 0 Å². The molecule has 0 spiro atoms. The van der Waals surface area contributed by atoms with Crippen LogP contribution in [0.5, 0.6) is 0 Å². The molecule has 1 aliphatic heterocycles. The fraction of sp³-hybridized carbons (Fsp3) is 0.296. The Kier molecular flexibility index (Phi) is 6.61. The quantitative estimate of drug-likeness (QED) is 0.283. The lowest BCUT2D eigenvalue weighted by Gasteiger charge is -2.37. The van der Waals surface area contributed by atoms with Crippen molar-refractivity contribution in [2.24, 2.45) is 11.7 Å². The van der Waals surface area contributed by atoms with Gasteiger partial charge in [-0.05, 0) is 43.9 Å². The molecule has 6 rings (SSSR count). The number of nitrogens with two attached hydrogens (primary N) is 1. The van der Waals surface area contributed by atoms with Crippen molar-refractivity contribution >= 4 is 28.4 Å². The van der Waals surface area contributed by atoms with Gasteiger partial charge in [0.15, 0.2) is 11.6 Å². The Morgan fingerprint density at radius 1 is 1.10 bits per heavy atom. The molecular formula is C27H28F2N10. The molecule has 1 aromatic carbocycles. The largest absolute Gasteiger partial charge is 0.356 e. The zero-order valence-electron chi connectivity index (χ0n) is 21.4. The molecule has 5 heterocycles. The summed E-state index contributed by atoms with van der Waals surface area (Å²) in [6.07, 6.45) is 10.5. The Morgan fingerprint density at radius 2 is 1.92 bits per heavy atom. The molecule has 0 radical (unpaired) electrons. The third-order valence-electron chi connectivity index (χ3n) is 7.46. The lowest BCUT2D eigenvalue weighted by atomic mass is 9.89. The maximum atomic E-state index is 14.2. The number of aromatic nitrogens is 7. The highest BCUT2D eigenvalue weighted by molar-refractivity contribution is 5.90. The van der Waals surface area contributed by atoms with Crippen molar-refractivity contribution in [3.05, 3.63) is 72.7 Å². The summed E-state index contributed by atoms with van der Waals surface area (Å²) in [5, 5.41) is 8.51. The number of halogens is 2. The first-order valence-electron chi connectivity index (χ1n) is 12.8. The van der Waals surface area contributed by atoms with Gasteiger partial charge in [-0.15, -0.1) is 0 Å². The lowest BCUT2D eigenvalue weighted by molar-refractivity contribution is 0.262. The highest BCUT2D eigenvalue weighted by Crippen LogP contribution is 2.34. The van der Waals surface area contributed by atoms with Gasteiger partial charge in [0.25, 0.3) is 0 Å². The van der Waals surface area contributed by atoms with Crippen LogP contribution in [0.3, 0.4) is 0 Å². The Morgan fingerprint density at radius 3 is 2.74 bits per heavy atom. The topological polar surface area (TPSA) is 126 Å². The van der Waals surface area contributed by atoms with Crippen LogP contribution in [0.1, 0.15) is 24.4 Å². The molecule has 0 aliphatic carbocycles. The minimum Gasteiger partial charge on any atom is -0.356 e. The Balaban J connectivity index is 1.16. The molecule has 12 heteroatoms. The van der Waals surface area contributed by atoms with Gasteiger partial charge >= 0.3 is 0 Å². The molecule has 1 saturated heterocycles. The van der Waals surface area contributed by atoms with Gasteiger partial charge in [0.2, 0.25) is 0 Å². The summed E-state index contributed by atoms with van der Waals surface area (Å²) in [5.41, 5.74) is 9.60. The van der Waals surface area contributed by atoms with Crippen LogP contribution in [0.25, 0.3) is 22.3 Å². The standard InChI is InChI=1S/C27H28F2N10/c1-16-25(37-21-4-2-3-20(28)23(21)29)33-15-35-27(16)38-9-6-17(7-10-38)22(11-30)39-13-18(12-36-39)24-19-5-8-31-26(19)34-14-32-24/h2-5,8,12-15,17,22H,6-7,9-11,30H2,1H3,(H,31,32,34)(H,33,35,37). The van der Waals surface area contributed by atoms with Crippen molar-refractivity contribution in [1.29, 1.82) is 0 Å². The zero-order valence-corrected chi connectivity index (χ0v) is 21.4. The van der Waals surface area contributed by atoms with E-state index in [9.17, 15) is 8.78 Å². The second-order valence-electron chi connectivity index (χ2n) is 9.70. The molecule has 4 N–H and O–H groups in total. The summed E-state index contributed by atoms with van der Waals surface area (Å²) in [7, 11) is 0. The first kappa shape index (κ1) is 24.9. The maximum Gasteiger partial charge on any atom is 0.182 e. The zero-order chi connectivity index (χ0) is 26.9. The molecule has 200 valence electrons. The van der Waals surface area contributed by atoms with Crippen molar-refractivity contribution in [3.8, 4) is 11.3 Å². The number of piperidine rings is 1.